The normalized spacial score (nSPS) is 18.1. The zero-order chi connectivity index (χ0) is 13.3. The minimum absolute atomic E-state index is 0.0846. The van der Waals surface area contributed by atoms with Crippen molar-refractivity contribution in [3.05, 3.63) is 29.3 Å². The smallest absolute Gasteiger partial charge is 0.339 e. The molecule has 18 heavy (non-hydrogen) atoms. The van der Waals surface area contributed by atoms with E-state index in [0.29, 0.717) is 6.42 Å². The van der Waals surface area contributed by atoms with Gasteiger partial charge in [-0.1, -0.05) is 12.1 Å². The van der Waals surface area contributed by atoms with Crippen LogP contribution in [0.2, 0.25) is 0 Å². The molecule has 0 bridgehead atoms. The van der Waals surface area contributed by atoms with Crippen molar-refractivity contribution < 1.29 is 23.1 Å². The molecule has 2 rings (SSSR count). The highest BCUT2D eigenvalue weighted by Crippen LogP contribution is 2.29. The van der Waals surface area contributed by atoms with Gasteiger partial charge in [0.05, 0.1) is 17.3 Å². The number of aryl methyl sites for hydroxylation is 1. The molecule has 1 aliphatic heterocycles. The fraction of sp³-hybridized carbons (Fsp3) is 0.417. The van der Waals surface area contributed by atoms with Crippen LogP contribution in [0.4, 0.5) is 0 Å². The summed E-state index contributed by atoms with van der Waals surface area (Å²) in [6, 6.07) is 4.55. The summed E-state index contributed by atoms with van der Waals surface area (Å²) in [4.78, 5) is 11.6. The lowest BCUT2D eigenvalue weighted by Gasteiger charge is -2.11. The van der Waals surface area contributed by atoms with Gasteiger partial charge < -0.3 is 9.84 Å². The summed E-state index contributed by atoms with van der Waals surface area (Å²) < 4.78 is 28.1. The van der Waals surface area contributed by atoms with Gasteiger partial charge in [-0.3, -0.25) is 0 Å². The van der Waals surface area contributed by atoms with Crippen molar-refractivity contribution in [3.8, 4) is 0 Å². The molecular formula is C12H14O5S. The Labute approximate surface area is 105 Å². The highest BCUT2D eigenvalue weighted by atomic mass is 32.2. The van der Waals surface area contributed by atoms with Gasteiger partial charge in [-0.05, 0) is 30.5 Å². The number of hydrogen-bond acceptors (Lipinski definition) is 5. The van der Waals surface area contributed by atoms with Gasteiger partial charge in [0.1, 0.15) is 0 Å². The van der Waals surface area contributed by atoms with Crippen molar-refractivity contribution >= 4 is 15.8 Å². The molecule has 0 radical (unpaired) electrons. The summed E-state index contributed by atoms with van der Waals surface area (Å²) in [5.74, 6) is -0.686. The lowest BCUT2D eigenvalue weighted by atomic mass is 10.1. The Bertz CT molecular complexity index is 576. The summed E-state index contributed by atoms with van der Waals surface area (Å²) in [5.41, 5.74) is 0.979. The molecule has 1 atom stereocenters. The van der Waals surface area contributed by atoms with Gasteiger partial charge in [0.2, 0.25) is 0 Å². The first-order chi connectivity index (χ1) is 8.45. The molecule has 98 valence electrons. The molecule has 0 aliphatic carbocycles. The SMILES string of the molecule is CCOC(=O)C(O)c1ccc2c(c1)S(=O)(=O)CC2. The monoisotopic (exact) mass is 270 g/mol. The van der Waals surface area contributed by atoms with E-state index in [0.717, 1.165) is 5.56 Å². The minimum Gasteiger partial charge on any atom is -0.464 e. The van der Waals surface area contributed by atoms with Gasteiger partial charge in [0, 0.05) is 0 Å². The number of sulfone groups is 1. The van der Waals surface area contributed by atoms with Crippen molar-refractivity contribution in [2.45, 2.75) is 24.3 Å². The zero-order valence-electron chi connectivity index (χ0n) is 9.92. The van der Waals surface area contributed by atoms with Gasteiger partial charge in [-0.15, -0.1) is 0 Å². The maximum atomic E-state index is 11.7. The average Bonchev–Trinajstić information content (AvgIpc) is 2.64. The van der Waals surface area contributed by atoms with E-state index in [1.807, 2.05) is 0 Å². The van der Waals surface area contributed by atoms with Crippen LogP contribution in [0.1, 0.15) is 24.2 Å². The molecule has 0 fully saturated rings. The standard InChI is InChI=1S/C12H14O5S/c1-2-17-12(14)11(13)9-4-3-8-5-6-18(15,16)10(8)7-9/h3-4,7,11,13H,2,5-6H2,1H3. The van der Waals surface area contributed by atoms with E-state index >= 15 is 0 Å². The summed E-state index contributed by atoms with van der Waals surface area (Å²) >= 11 is 0. The third-order valence-electron chi connectivity index (χ3n) is 2.89. The molecule has 5 nitrogen and oxygen atoms in total. The van der Waals surface area contributed by atoms with Crippen molar-refractivity contribution in [2.75, 3.05) is 12.4 Å². The van der Waals surface area contributed by atoms with Crippen LogP contribution in [0, 0.1) is 0 Å². The van der Waals surface area contributed by atoms with E-state index in [4.69, 9.17) is 4.74 Å². The second-order valence-electron chi connectivity index (χ2n) is 4.09. The molecule has 0 saturated heterocycles. The minimum atomic E-state index is -3.26. The Kier molecular flexibility index (Phi) is 3.41. The lowest BCUT2D eigenvalue weighted by molar-refractivity contribution is -0.153. The number of benzene rings is 1. The second-order valence-corrected chi connectivity index (χ2v) is 6.17. The first-order valence-corrected chi connectivity index (χ1v) is 7.31. The van der Waals surface area contributed by atoms with Gasteiger partial charge in [-0.2, -0.15) is 0 Å². The quantitative estimate of drug-likeness (QED) is 0.814. The van der Waals surface area contributed by atoms with Crippen LogP contribution in [0.15, 0.2) is 23.1 Å². The topological polar surface area (TPSA) is 80.7 Å². The predicted octanol–water partition coefficient (Wildman–Crippen LogP) is 0.613. The number of aliphatic hydroxyl groups excluding tert-OH is 1. The van der Waals surface area contributed by atoms with E-state index in [9.17, 15) is 18.3 Å². The Balaban J connectivity index is 2.35. The maximum Gasteiger partial charge on any atom is 0.339 e. The van der Waals surface area contributed by atoms with Gasteiger partial charge in [-0.25, -0.2) is 13.2 Å². The first kappa shape index (κ1) is 13.0. The molecule has 1 aromatic carbocycles. The van der Waals surface area contributed by atoms with Crippen LogP contribution in [0.5, 0.6) is 0 Å². The highest BCUT2D eigenvalue weighted by Gasteiger charge is 2.28. The molecular weight excluding hydrogens is 256 g/mol. The van der Waals surface area contributed by atoms with Crippen LogP contribution in [0.25, 0.3) is 0 Å². The second kappa shape index (κ2) is 4.70. The van der Waals surface area contributed by atoms with Crippen LogP contribution in [0.3, 0.4) is 0 Å². The zero-order valence-corrected chi connectivity index (χ0v) is 10.7. The van der Waals surface area contributed by atoms with Crippen LogP contribution >= 0.6 is 0 Å². The Hall–Kier alpha value is -1.40. The van der Waals surface area contributed by atoms with Gasteiger partial charge >= 0.3 is 5.97 Å². The van der Waals surface area contributed by atoms with E-state index < -0.39 is 21.9 Å². The third-order valence-corrected chi connectivity index (χ3v) is 4.68. The molecule has 0 saturated carbocycles. The molecule has 1 aliphatic rings. The van der Waals surface area contributed by atoms with Crippen molar-refractivity contribution in [3.63, 3.8) is 0 Å². The number of esters is 1. The molecule has 0 amide bonds. The molecule has 6 heteroatoms. The fourth-order valence-electron chi connectivity index (χ4n) is 1.95. The lowest BCUT2D eigenvalue weighted by Crippen LogP contribution is -2.15. The molecule has 1 heterocycles. The van der Waals surface area contributed by atoms with E-state index in [1.165, 1.54) is 6.07 Å². The number of carbonyl (C=O) groups excluding carboxylic acids is 1. The Morgan fingerprint density at radius 1 is 1.50 bits per heavy atom. The van der Waals surface area contributed by atoms with Crippen LogP contribution < -0.4 is 0 Å². The van der Waals surface area contributed by atoms with E-state index in [2.05, 4.69) is 0 Å². The summed E-state index contributed by atoms with van der Waals surface area (Å²) in [6.45, 7) is 1.80. The highest BCUT2D eigenvalue weighted by molar-refractivity contribution is 7.91. The Morgan fingerprint density at radius 3 is 2.89 bits per heavy atom. The van der Waals surface area contributed by atoms with Crippen LogP contribution in [-0.4, -0.2) is 31.9 Å². The van der Waals surface area contributed by atoms with Crippen molar-refractivity contribution in [1.29, 1.82) is 0 Å². The summed E-state index contributed by atoms with van der Waals surface area (Å²) in [7, 11) is -3.26. The number of carbonyl (C=O) groups is 1. The molecule has 1 unspecified atom stereocenters. The van der Waals surface area contributed by atoms with Crippen molar-refractivity contribution in [1.82, 2.24) is 0 Å². The number of rotatable bonds is 3. The van der Waals surface area contributed by atoms with E-state index in [-0.39, 0.29) is 22.8 Å². The number of hydrogen-bond donors (Lipinski definition) is 1. The van der Waals surface area contributed by atoms with Gasteiger partial charge in [0.15, 0.2) is 15.9 Å². The summed E-state index contributed by atoms with van der Waals surface area (Å²) in [5, 5.41) is 9.75. The maximum absolute atomic E-state index is 11.7. The number of fused-ring (bicyclic) bond motifs is 1. The first-order valence-electron chi connectivity index (χ1n) is 5.66. The largest absolute Gasteiger partial charge is 0.464 e. The average molecular weight is 270 g/mol. The fourth-order valence-corrected chi connectivity index (χ4v) is 3.54. The summed E-state index contributed by atoms with van der Waals surface area (Å²) in [6.07, 6.45) is -0.959. The van der Waals surface area contributed by atoms with Crippen LogP contribution in [-0.2, 0) is 25.8 Å². The molecule has 0 aromatic heterocycles. The van der Waals surface area contributed by atoms with Crippen molar-refractivity contribution in [2.24, 2.45) is 0 Å². The molecule has 1 aromatic rings. The number of ether oxygens (including phenoxy) is 1. The number of aliphatic hydroxyl groups is 1. The molecule has 0 spiro atoms. The predicted molar refractivity (Wildman–Crippen MR) is 63.8 cm³/mol. The van der Waals surface area contributed by atoms with E-state index in [1.54, 1.807) is 19.1 Å². The third kappa shape index (κ3) is 2.26. The van der Waals surface area contributed by atoms with Gasteiger partial charge in [0.25, 0.3) is 0 Å². The Morgan fingerprint density at radius 2 is 2.22 bits per heavy atom. The molecule has 1 N–H and O–H groups in total.